The average molecular weight is 256 g/mol. The van der Waals surface area contributed by atoms with Crippen molar-refractivity contribution < 1.29 is 14.6 Å². The SMILES string of the molecule is O=C(NCCCO)NC1CCOC2(CCCC2)C1. The molecule has 18 heavy (non-hydrogen) atoms. The van der Waals surface area contributed by atoms with Crippen molar-refractivity contribution in [1.82, 2.24) is 10.6 Å². The molecule has 5 nitrogen and oxygen atoms in total. The number of amides is 2. The van der Waals surface area contributed by atoms with Gasteiger partial charge in [-0.15, -0.1) is 0 Å². The summed E-state index contributed by atoms with van der Waals surface area (Å²) in [6, 6.07) is 0.106. The minimum atomic E-state index is -0.122. The van der Waals surface area contributed by atoms with Gasteiger partial charge in [-0.05, 0) is 32.1 Å². The van der Waals surface area contributed by atoms with Gasteiger partial charge in [-0.2, -0.15) is 0 Å². The second-order valence-electron chi connectivity index (χ2n) is 5.41. The molecule has 1 atom stereocenters. The molecular formula is C13H24N2O3. The molecule has 1 heterocycles. The van der Waals surface area contributed by atoms with E-state index in [0.717, 1.165) is 32.3 Å². The van der Waals surface area contributed by atoms with Crippen molar-refractivity contribution in [1.29, 1.82) is 0 Å². The van der Waals surface area contributed by atoms with Crippen molar-refractivity contribution in [2.75, 3.05) is 19.8 Å². The summed E-state index contributed by atoms with van der Waals surface area (Å²) in [5.74, 6) is 0. The van der Waals surface area contributed by atoms with Crippen molar-refractivity contribution >= 4 is 6.03 Å². The van der Waals surface area contributed by atoms with E-state index in [1.807, 2.05) is 0 Å². The number of hydrogen-bond donors (Lipinski definition) is 3. The molecular weight excluding hydrogens is 232 g/mol. The van der Waals surface area contributed by atoms with Crippen LogP contribution < -0.4 is 10.6 Å². The molecule has 5 heteroatoms. The molecule has 1 unspecified atom stereocenters. The van der Waals surface area contributed by atoms with Crippen LogP contribution in [-0.4, -0.2) is 42.5 Å². The lowest BCUT2D eigenvalue weighted by Crippen LogP contribution is -2.50. The average Bonchev–Trinajstić information content (AvgIpc) is 2.77. The Balaban J connectivity index is 1.73. The zero-order chi connectivity index (χ0) is 12.8. The summed E-state index contributed by atoms with van der Waals surface area (Å²) >= 11 is 0. The first-order chi connectivity index (χ1) is 8.74. The number of nitrogens with one attached hydrogen (secondary N) is 2. The van der Waals surface area contributed by atoms with E-state index >= 15 is 0 Å². The van der Waals surface area contributed by atoms with Crippen LogP contribution in [0.15, 0.2) is 0 Å². The third kappa shape index (κ3) is 3.59. The third-order valence-electron chi connectivity index (χ3n) is 3.96. The van der Waals surface area contributed by atoms with Crippen molar-refractivity contribution in [3.63, 3.8) is 0 Å². The Labute approximate surface area is 108 Å². The van der Waals surface area contributed by atoms with Gasteiger partial charge in [-0.25, -0.2) is 4.79 Å². The zero-order valence-corrected chi connectivity index (χ0v) is 10.9. The first-order valence-electron chi connectivity index (χ1n) is 7.03. The summed E-state index contributed by atoms with van der Waals surface area (Å²) in [5, 5.41) is 14.4. The van der Waals surface area contributed by atoms with Gasteiger partial charge >= 0.3 is 6.03 Å². The summed E-state index contributed by atoms with van der Waals surface area (Å²) in [4.78, 5) is 11.6. The van der Waals surface area contributed by atoms with Gasteiger partial charge in [-0.3, -0.25) is 0 Å². The number of ether oxygens (including phenoxy) is 1. The van der Waals surface area contributed by atoms with Crippen LogP contribution in [0.3, 0.4) is 0 Å². The van der Waals surface area contributed by atoms with Gasteiger partial charge in [0.05, 0.1) is 5.60 Å². The largest absolute Gasteiger partial charge is 0.396 e. The molecule has 104 valence electrons. The molecule has 1 saturated carbocycles. The minimum Gasteiger partial charge on any atom is -0.396 e. The lowest BCUT2D eigenvalue weighted by Gasteiger charge is -2.38. The number of aliphatic hydroxyl groups is 1. The summed E-state index contributed by atoms with van der Waals surface area (Å²) in [6.45, 7) is 1.39. The number of hydrogen-bond acceptors (Lipinski definition) is 3. The van der Waals surface area contributed by atoms with E-state index in [1.165, 1.54) is 12.8 Å². The molecule has 0 radical (unpaired) electrons. The number of rotatable bonds is 4. The Kier molecular flexibility index (Phi) is 4.83. The molecule has 1 aliphatic heterocycles. The monoisotopic (exact) mass is 256 g/mol. The highest BCUT2D eigenvalue weighted by Gasteiger charge is 2.40. The fourth-order valence-electron chi connectivity index (χ4n) is 3.04. The topological polar surface area (TPSA) is 70.6 Å². The third-order valence-corrected chi connectivity index (χ3v) is 3.96. The Morgan fingerprint density at radius 1 is 1.39 bits per heavy atom. The number of carbonyl (C=O) groups excluding carboxylic acids is 1. The van der Waals surface area contributed by atoms with Crippen molar-refractivity contribution in [3.8, 4) is 0 Å². The van der Waals surface area contributed by atoms with Crippen molar-refractivity contribution in [2.45, 2.75) is 56.6 Å². The molecule has 0 aromatic rings. The maximum atomic E-state index is 11.6. The lowest BCUT2D eigenvalue weighted by molar-refractivity contribution is -0.0820. The maximum absolute atomic E-state index is 11.6. The van der Waals surface area contributed by atoms with Gasteiger partial charge in [0.2, 0.25) is 0 Å². The number of carbonyl (C=O) groups is 1. The van der Waals surface area contributed by atoms with E-state index in [1.54, 1.807) is 0 Å². The molecule has 1 aliphatic carbocycles. The molecule has 2 aliphatic rings. The van der Waals surface area contributed by atoms with Crippen LogP contribution in [0.25, 0.3) is 0 Å². The maximum Gasteiger partial charge on any atom is 0.315 e. The Morgan fingerprint density at radius 2 is 2.17 bits per heavy atom. The van der Waals surface area contributed by atoms with Crippen LogP contribution in [0.5, 0.6) is 0 Å². The van der Waals surface area contributed by atoms with E-state index in [0.29, 0.717) is 13.0 Å². The standard InChI is InChI=1S/C13H24N2O3/c16-8-3-7-14-12(17)15-11-4-9-18-13(10-11)5-1-2-6-13/h11,16H,1-10H2,(H2,14,15,17). The van der Waals surface area contributed by atoms with Gasteiger partial charge in [0.1, 0.15) is 0 Å². The highest BCUT2D eigenvalue weighted by Crippen LogP contribution is 2.39. The highest BCUT2D eigenvalue weighted by molar-refractivity contribution is 5.74. The second kappa shape index (κ2) is 6.38. The molecule has 1 spiro atoms. The van der Waals surface area contributed by atoms with Crippen LogP contribution in [-0.2, 0) is 4.74 Å². The van der Waals surface area contributed by atoms with E-state index in [9.17, 15) is 4.79 Å². The summed E-state index contributed by atoms with van der Waals surface area (Å²) < 4.78 is 5.93. The van der Waals surface area contributed by atoms with Crippen molar-refractivity contribution in [3.05, 3.63) is 0 Å². The molecule has 2 amide bonds. The fraction of sp³-hybridized carbons (Fsp3) is 0.923. The van der Waals surface area contributed by atoms with Crippen molar-refractivity contribution in [2.24, 2.45) is 0 Å². The van der Waals surface area contributed by atoms with E-state index < -0.39 is 0 Å². The predicted molar refractivity (Wildman–Crippen MR) is 68.4 cm³/mol. The predicted octanol–water partition coefficient (Wildman–Crippen LogP) is 1.16. The molecule has 2 rings (SSSR count). The molecule has 1 saturated heterocycles. The highest BCUT2D eigenvalue weighted by atomic mass is 16.5. The van der Waals surface area contributed by atoms with Crippen LogP contribution in [0, 0.1) is 0 Å². The zero-order valence-electron chi connectivity index (χ0n) is 10.9. The summed E-state index contributed by atoms with van der Waals surface area (Å²) in [5.41, 5.74) is 0.0430. The smallest absolute Gasteiger partial charge is 0.315 e. The van der Waals surface area contributed by atoms with E-state index in [2.05, 4.69) is 10.6 Å². The number of urea groups is 1. The van der Waals surface area contributed by atoms with Crippen LogP contribution in [0.4, 0.5) is 4.79 Å². The first kappa shape index (κ1) is 13.6. The Bertz CT molecular complexity index is 277. The van der Waals surface area contributed by atoms with E-state index in [-0.39, 0.29) is 24.3 Å². The minimum absolute atomic E-state index is 0.0430. The normalized spacial score (nSPS) is 26.2. The molecule has 2 fully saturated rings. The van der Waals surface area contributed by atoms with Gasteiger partial charge in [0.15, 0.2) is 0 Å². The Morgan fingerprint density at radius 3 is 2.89 bits per heavy atom. The van der Waals surface area contributed by atoms with Gasteiger partial charge in [0.25, 0.3) is 0 Å². The van der Waals surface area contributed by atoms with Gasteiger partial charge in [-0.1, -0.05) is 12.8 Å². The molecule has 0 aromatic carbocycles. The van der Waals surface area contributed by atoms with Crippen LogP contribution in [0.1, 0.15) is 44.9 Å². The Hall–Kier alpha value is -0.810. The number of aliphatic hydroxyl groups excluding tert-OH is 1. The lowest BCUT2D eigenvalue weighted by atomic mass is 9.89. The quantitative estimate of drug-likeness (QED) is 0.661. The molecule has 0 bridgehead atoms. The van der Waals surface area contributed by atoms with Gasteiger partial charge < -0.3 is 20.5 Å². The van der Waals surface area contributed by atoms with E-state index in [4.69, 9.17) is 9.84 Å². The van der Waals surface area contributed by atoms with Crippen LogP contribution >= 0.6 is 0 Å². The molecule has 0 aromatic heterocycles. The molecule has 3 N–H and O–H groups in total. The van der Waals surface area contributed by atoms with Gasteiger partial charge in [0, 0.05) is 25.8 Å². The summed E-state index contributed by atoms with van der Waals surface area (Å²) in [6.07, 6.45) is 7.21. The second-order valence-corrected chi connectivity index (χ2v) is 5.41. The van der Waals surface area contributed by atoms with Crippen LogP contribution in [0.2, 0.25) is 0 Å². The first-order valence-corrected chi connectivity index (χ1v) is 7.03. The fourth-order valence-corrected chi connectivity index (χ4v) is 3.04. The summed E-state index contributed by atoms with van der Waals surface area (Å²) in [7, 11) is 0.